The van der Waals surface area contributed by atoms with Crippen molar-refractivity contribution in [2.24, 2.45) is 5.92 Å². The fraction of sp³-hybridized carbons (Fsp3) is 0.824. The van der Waals surface area contributed by atoms with Gasteiger partial charge in [-0.2, -0.15) is 11.8 Å². The van der Waals surface area contributed by atoms with Crippen LogP contribution in [0.25, 0.3) is 0 Å². The van der Waals surface area contributed by atoms with E-state index in [9.17, 15) is 8.42 Å². The predicted octanol–water partition coefficient (Wildman–Crippen LogP) is 2.81. The zero-order valence-corrected chi connectivity index (χ0v) is 16.2. The summed E-state index contributed by atoms with van der Waals surface area (Å²) in [6, 6.07) is 0. The molecule has 0 bridgehead atoms. The van der Waals surface area contributed by atoms with Crippen LogP contribution in [0.3, 0.4) is 0 Å². The van der Waals surface area contributed by atoms with E-state index >= 15 is 0 Å². The van der Waals surface area contributed by atoms with Gasteiger partial charge in [0.15, 0.2) is 0 Å². The summed E-state index contributed by atoms with van der Waals surface area (Å²) in [6.07, 6.45) is 7.11. The fourth-order valence-corrected chi connectivity index (χ4v) is 6.19. The molecule has 2 fully saturated rings. The van der Waals surface area contributed by atoms with E-state index in [1.807, 2.05) is 16.3 Å². The SMILES string of the molecule is CCCCn1c(CN2CCSCC2)cnc1S(=O)(=O)CC1CCC1. The number of hydrogen-bond donors (Lipinski definition) is 0. The lowest BCUT2D eigenvalue weighted by molar-refractivity contribution is 0.284. The van der Waals surface area contributed by atoms with E-state index < -0.39 is 9.84 Å². The van der Waals surface area contributed by atoms with Gasteiger partial charge in [-0.25, -0.2) is 13.4 Å². The number of imidazole rings is 1. The first-order valence-corrected chi connectivity index (χ1v) is 12.0. The normalized spacial score (nSPS) is 20.2. The van der Waals surface area contributed by atoms with Gasteiger partial charge in [-0.05, 0) is 25.2 Å². The molecule has 24 heavy (non-hydrogen) atoms. The largest absolute Gasteiger partial charge is 0.318 e. The summed E-state index contributed by atoms with van der Waals surface area (Å²) in [7, 11) is -3.27. The summed E-state index contributed by atoms with van der Waals surface area (Å²) in [5.74, 6) is 2.94. The average Bonchev–Trinajstić information content (AvgIpc) is 2.94. The molecular formula is C17H29N3O2S2. The Kier molecular flexibility index (Phi) is 6.27. The highest BCUT2D eigenvalue weighted by Crippen LogP contribution is 2.30. The lowest BCUT2D eigenvalue weighted by Crippen LogP contribution is -2.33. The van der Waals surface area contributed by atoms with Gasteiger partial charge in [0.2, 0.25) is 15.0 Å². The maximum Gasteiger partial charge on any atom is 0.227 e. The Bertz CT molecular complexity index is 632. The second-order valence-electron chi connectivity index (χ2n) is 7.00. The first kappa shape index (κ1) is 18.3. The third-order valence-electron chi connectivity index (χ3n) is 5.08. The monoisotopic (exact) mass is 371 g/mol. The Morgan fingerprint density at radius 2 is 2.04 bits per heavy atom. The van der Waals surface area contributed by atoms with Gasteiger partial charge in [-0.1, -0.05) is 19.8 Å². The predicted molar refractivity (Wildman–Crippen MR) is 99.1 cm³/mol. The van der Waals surface area contributed by atoms with E-state index in [1.54, 1.807) is 6.20 Å². The van der Waals surface area contributed by atoms with Crippen molar-refractivity contribution in [1.29, 1.82) is 0 Å². The summed E-state index contributed by atoms with van der Waals surface area (Å²) in [4.78, 5) is 6.78. The molecule has 136 valence electrons. The quantitative estimate of drug-likeness (QED) is 0.703. The molecule has 1 saturated heterocycles. The first-order chi connectivity index (χ1) is 11.6. The third kappa shape index (κ3) is 4.35. The first-order valence-electron chi connectivity index (χ1n) is 9.17. The second kappa shape index (κ2) is 8.23. The molecule has 0 aromatic carbocycles. The van der Waals surface area contributed by atoms with Crippen LogP contribution in [0.1, 0.15) is 44.7 Å². The highest BCUT2D eigenvalue weighted by atomic mass is 32.2. The van der Waals surface area contributed by atoms with E-state index in [0.29, 0.717) is 11.1 Å². The van der Waals surface area contributed by atoms with Crippen LogP contribution < -0.4 is 0 Å². The van der Waals surface area contributed by atoms with Crippen molar-refractivity contribution in [3.05, 3.63) is 11.9 Å². The van der Waals surface area contributed by atoms with Gasteiger partial charge >= 0.3 is 0 Å². The molecule has 3 rings (SSSR count). The van der Waals surface area contributed by atoms with E-state index in [0.717, 1.165) is 69.1 Å². The average molecular weight is 372 g/mol. The highest BCUT2D eigenvalue weighted by Gasteiger charge is 2.30. The van der Waals surface area contributed by atoms with Crippen LogP contribution in [0.5, 0.6) is 0 Å². The summed E-state index contributed by atoms with van der Waals surface area (Å²) in [5.41, 5.74) is 1.06. The van der Waals surface area contributed by atoms with Crippen molar-refractivity contribution in [3.8, 4) is 0 Å². The molecule has 0 N–H and O–H groups in total. The van der Waals surface area contributed by atoms with E-state index in [2.05, 4.69) is 16.8 Å². The van der Waals surface area contributed by atoms with Crippen molar-refractivity contribution in [1.82, 2.24) is 14.5 Å². The lowest BCUT2D eigenvalue weighted by Gasteiger charge is -2.27. The zero-order valence-electron chi connectivity index (χ0n) is 14.6. The Balaban J connectivity index is 1.79. The Morgan fingerprint density at radius 3 is 2.67 bits per heavy atom. The van der Waals surface area contributed by atoms with Crippen molar-refractivity contribution in [3.63, 3.8) is 0 Å². The lowest BCUT2D eigenvalue weighted by atomic mass is 9.87. The number of unbranched alkanes of at least 4 members (excludes halogenated alkanes) is 1. The smallest absolute Gasteiger partial charge is 0.227 e. The molecule has 0 atom stereocenters. The van der Waals surface area contributed by atoms with Gasteiger partial charge in [0.1, 0.15) is 0 Å². The minimum Gasteiger partial charge on any atom is -0.318 e. The molecule has 1 aromatic heterocycles. The van der Waals surface area contributed by atoms with Crippen LogP contribution in [0.2, 0.25) is 0 Å². The van der Waals surface area contributed by atoms with E-state index in [4.69, 9.17) is 0 Å². The molecule has 2 aliphatic rings. The van der Waals surface area contributed by atoms with Crippen LogP contribution >= 0.6 is 11.8 Å². The van der Waals surface area contributed by atoms with Gasteiger partial charge in [0.05, 0.1) is 17.6 Å². The molecule has 0 spiro atoms. The summed E-state index contributed by atoms with van der Waals surface area (Å²) >= 11 is 1.99. The molecule has 5 nitrogen and oxygen atoms in total. The molecule has 7 heteroatoms. The van der Waals surface area contributed by atoms with Crippen LogP contribution in [0, 0.1) is 5.92 Å². The Morgan fingerprint density at radius 1 is 1.29 bits per heavy atom. The fourth-order valence-electron chi connectivity index (χ4n) is 3.35. The maximum atomic E-state index is 12.8. The van der Waals surface area contributed by atoms with Crippen LogP contribution in [0.15, 0.2) is 11.4 Å². The Hall–Kier alpha value is -0.530. The molecule has 1 aliphatic heterocycles. The van der Waals surface area contributed by atoms with Crippen molar-refractivity contribution < 1.29 is 8.42 Å². The standard InChI is InChI=1S/C17H29N3O2S2/c1-2-3-7-20-16(13-19-8-10-23-11-9-19)12-18-17(20)24(21,22)14-15-5-4-6-15/h12,15H,2-11,13-14H2,1H3. The molecule has 2 heterocycles. The van der Waals surface area contributed by atoms with E-state index in [-0.39, 0.29) is 5.75 Å². The van der Waals surface area contributed by atoms with Gasteiger partial charge < -0.3 is 4.57 Å². The number of hydrogen-bond acceptors (Lipinski definition) is 5. The van der Waals surface area contributed by atoms with Crippen LogP contribution in [0.4, 0.5) is 0 Å². The van der Waals surface area contributed by atoms with Crippen molar-refractivity contribution in [2.45, 2.75) is 57.3 Å². The van der Waals surface area contributed by atoms with Crippen LogP contribution in [-0.4, -0.2) is 53.2 Å². The van der Waals surface area contributed by atoms with Crippen molar-refractivity contribution in [2.75, 3.05) is 30.3 Å². The zero-order chi connectivity index (χ0) is 17.0. The topological polar surface area (TPSA) is 55.2 Å². The molecule has 0 radical (unpaired) electrons. The number of thioether (sulfide) groups is 1. The van der Waals surface area contributed by atoms with Crippen LogP contribution in [-0.2, 0) is 22.9 Å². The van der Waals surface area contributed by atoms with Gasteiger partial charge in [-0.3, -0.25) is 4.90 Å². The van der Waals surface area contributed by atoms with Gasteiger partial charge in [-0.15, -0.1) is 0 Å². The van der Waals surface area contributed by atoms with Crippen molar-refractivity contribution >= 4 is 21.6 Å². The van der Waals surface area contributed by atoms with E-state index in [1.165, 1.54) is 6.42 Å². The summed E-state index contributed by atoms with van der Waals surface area (Å²) in [6.45, 7) is 5.87. The minimum absolute atomic E-state index is 0.274. The third-order valence-corrected chi connectivity index (χ3v) is 7.82. The highest BCUT2D eigenvalue weighted by molar-refractivity contribution is 7.99. The maximum absolute atomic E-state index is 12.8. The number of nitrogens with zero attached hydrogens (tertiary/aromatic N) is 3. The molecule has 1 aromatic rings. The molecule has 1 aliphatic carbocycles. The minimum atomic E-state index is -3.27. The number of rotatable bonds is 8. The number of sulfone groups is 1. The summed E-state index contributed by atoms with van der Waals surface area (Å²) in [5, 5.41) is 0.309. The molecular weight excluding hydrogens is 342 g/mol. The second-order valence-corrected chi connectivity index (χ2v) is 10.2. The summed E-state index contributed by atoms with van der Waals surface area (Å²) < 4.78 is 27.6. The molecule has 0 amide bonds. The molecule has 0 unspecified atom stereocenters. The number of aromatic nitrogens is 2. The van der Waals surface area contributed by atoms with Gasteiger partial charge in [0, 0.05) is 37.7 Å². The molecule has 1 saturated carbocycles. The van der Waals surface area contributed by atoms with Gasteiger partial charge in [0.25, 0.3) is 0 Å². The Labute approximate surface area is 150 Å².